The molecule has 4 aromatic carbocycles. The molecule has 0 fully saturated rings. The third-order valence-electron chi connectivity index (χ3n) is 6.90. The molecule has 4 nitrogen and oxygen atoms in total. The lowest BCUT2D eigenvalue weighted by Gasteiger charge is -2.12. The van der Waals surface area contributed by atoms with Gasteiger partial charge in [0.05, 0.1) is 27.9 Å². The van der Waals surface area contributed by atoms with E-state index in [1.807, 2.05) is 48.7 Å². The van der Waals surface area contributed by atoms with Crippen LogP contribution in [0.3, 0.4) is 0 Å². The van der Waals surface area contributed by atoms with Crippen molar-refractivity contribution in [3.8, 4) is 39.6 Å². The Morgan fingerprint density at radius 3 is 1.95 bits per heavy atom. The number of aromatic nitrogens is 4. The maximum absolute atomic E-state index is 5.03. The summed E-state index contributed by atoms with van der Waals surface area (Å²) in [5, 5.41) is 1.15. The third kappa shape index (κ3) is 3.85. The van der Waals surface area contributed by atoms with E-state index >= 15 is 0 Å². The molecule has 0 saturated heterocycles. The van der Waals surface area contributed by atoms with Gasteiger partial charge in [-0.1, -0.05) is 90.4 Å². The summed E-state index contributed by atoms with van der Waals surface area (Å²) >= 11 is 0. The quantitative estimate of drug-likeness (QED) is 0.277. The Bertz CT molecular complexity index is 1870. The normalized spacial score (nSPS) is 11.3. The van der Waals surface area contributed by atoms with E-state index in [2.05, 4.69) is 91.3 Å². The molecule has 3 aromatic heterocycles. The van der Waals surface area contributed by atoms with Gasteiger partial charge in [-0.25, -0.2) is 9.97 Å². The van der Waals surface area contributed by atoms with Gasteiger partial charge < -0.3 is 4.57 Å². The minimum atomic E-state index is 0.696. The topological polar surface area (TPSA) is 43.6 Å². The van der Waals surface area contributed by atoms with Crippen molar-refractivity contribution in [2.75, 3.05) is 0 Å². The molecular weight excluding hydrogens is 463 g/mol. The van der Waals surface area contributed by atoms with Gasteiger partial charge in [-0.2, -0.15) is 0 Å². The molecule has 0 saturated carbocycles. The van der Waals surface area contributed by atoms with E-state index in [9.17, 15) is 0 Å². The van der Waals surface area contributed by atoms with Crippen molar-refractivity contribution >= 4 is 35.2 Å². The molecule has 5 heteroatoms. The summed E-state index contributed by atoms with van der Waals surface area (Å²) in [6, 6.07) is 41.8. The summed E-state index contributed by atoms with van der Waals surface area (Å²) in [5.41, 5.74) is 10.4. The lowest BCUT2D eigenvalue weighted by atomic mass is 9.95. The summed E-state index contributed by atoms with van der Waals surface area (Å²) in [7, 11) is 2.12. The zero-order valence-corrected chi connectivity index (χ0v) is 20.9. The van der Waals surface area contributed by atoms with Gasteiger partial charge in [0.1, 0.15) is 7.85 Å². The second kappa shape index (κ2) is 9.13. The minimum Gasteiger partial charge on any atom is -0.308 e. The van der Waals surface area contributed by atoms with E-state index in [0.717, 1.165) is 55.7 Å². The highest BCUT2D eigenvalue weighted by molar-refractivity contribution is 6.33. The van der Waals surface area contributed by atoms with Gasteiger partial charge in [-0.15, -0.1) is 0 Å². The Kier molecular flexibility index (Phi) is 5.33. The molecule has 7 aromatic rings. The van der Waals surface area contributed by atoms with Crippen LogP contribution < -0.4 is 5.46 Å². The lowest BCUT2D eigenvalue weighted by Crippen LogP contribution is -2.01. The Hall–Kier alpha value is -5.03. The molecule has 0 aliphatic heterocycles. The minimum absolute atomic E-state index is 0.696. The largest absolute Gasteiger partial charge is 0.308 e. The van der Waals surface area contributed by atoms with E-state index < -0.39 is 0 Å². The van der Waals surface area contributed by atoms with Crippen molar-refractivity contribution in [2.45, 2.75) is 0 Å². The summed E-state index contributed by atoms with van der Waals surface area (Å²) < 4.78 is 2.28. The second-order valence-corrected chi connectivity index (χ2v) is 9.47. The molecule has 38 heavy (non-hydrogen) atoms. The lowest BCUT2D eigenvalue weighted by molar-refractivity contribution is 1.15. The number of pyridine rings is 1. The highest BCUT2D eigenvalue weighted by Crippen LogP contribution is 2.32. The van der Waals surface area contributed by atoms with Crippen LogP contribution in [0.2, 0.25) is 0 Å². The van der Waals surface area contributed by atoms with E-state index in [1.165, 1.54) is 5.46 Å². The van der Waals surface area contributed by atoms with Gasteiger partial charge in [0.15, 0.2) is 5.82 Å². The molecule has 0 atom stereocenters. The van der Waals surface area contributed by atoms with Crippen LogP contribution in [0.25, 0.3) is 61.5 Å². The molecule has 0 aliphatic rings. The van der Waals surface area contributed by atoms with Gasteiger partial charge in [-0.05, 0) is 36.4 Å². The molecule has 0 unspecified atom stereocenters. The van der Waals surface area contributed by atoms with E-state index in [0.29, 0.717) is 5.82 Å². The maximum Gasteiger partial charge on any atom is 0.160 e. The maximum atomic E-state index is 5.03. The number of rotatable bonds is 4. The fraction of sp³-hybridized carbons (Fsp3) is 0. The average Bonchev–Trinajstić information content (AvgIpc) is 3.31. The van der Waals surface area contributed by atoms with Crippen LogP contribution in [-0.2, 0) is 0 Å². The van der Waals surface area contributed by atoms with E-state index in [1.54, 1.807) is 0 Å². The van der Waals surface area contributed by atoms with Crippen LogP contribution in [0.4, 0.5) is 0 Å². The summed E-state index contributed by atoms with van der Waals surface area (Å²) in [5.74, 6) is 0.696. The molecule has 0 bridgehead atoms. The van der Waals surface area contributed by atoms with Crippen molar-refractivity contribution < 1.29 is 0 Å². The molecule has 0 N–H and O–H groups in total. The monoisotopic (exact) mass is 486 g/mol. The first-order chi connectivity index (χ1) is 18.7. The molecule has 0 spiro atoms. The summed E-state index contributed by atoms with van der Waals surface area (Å²) in [6.07, 6.45) is 1.86. The Balaban J connectivity index is 1.44. The van der Waals surface area contributed by atoms with Gasteiger partial charge in [0, 0.05) is 34.0 Å². The van der Waals surface area contributed by atoms with Gasteiger partial charge in [0.25, 0.3) is 0 Å². The van der Waals surface area contributed by atoms with Crippen LogP contribution in [0, 0.1) is 0 Å². The molecule has 0 amide bonds. The first kappa shape index (κ1) is 22.2. The fourth-order valence-electron chi connectivity index (χ4n) is 5.10. The van der Waals surface area contributed by atoms with E-state index in [4.69, 9.17) is 15.0 Å². The van der Waals surface area contributed by atoms with Crippen LogP contribution in [0.15, 0.2) is 128 Å². The molecule has 0 radical (unpaired) electrons. The zero-order chi connectivity index (χ0) is 25.5. The van der Waals surface area contributed by atoms with Crippen LogP contribution >= 0.6 is 0 Å². The van der Waals surface area contributed by atoms with Gasteiger partial charge >= 0.3 is 0 Å². The van der Waals surface area contributed by atoms with Crippen molar-refractivity contribution in [1.29, 1.82) is 0 Å². The second-order valence-electron chi connectivity index (χ2n) is 9.47. The standard InChI is InChI=1S/C33H23BN4/c34-25-16-17-30-27(20-25)32-31(15-8-18-35-32)38(30)26-14-7-13-24(19-26)33-36-28(22-9-3-1-4-10-22)21-29(37-33)23-11-5-2-6-12-23/h1-21H,34H2. The molecule has 0 aliphatic carbocycles. The molecule has 7 rings (SSSR count). The molecule has 3 heterocycles. The van der Waals surface area contributed by atoms with Gasteiger partial charge in [-0.3, -0.25) is 4.98 Å². The van der Waals surface area contributed by atoms with Crippen LogP contribution in [0.1, 0.15) is 0 Å². The fourth-order valence-corrected chi connectivity index (χ4v) is 5.10. The molecule has 178 valence electrons. The number of hydrogen-bond acceptors (Lipinski definition) is 3. The third-order valence-corrected chi connectivity index (χ3v) is 6.90. The highest BCUT2D eigenvalue weighted by atomic mass is 15.0. The van der Waals surface area contributed by atoms with Crippen molar-refractivity contribution in [2.24, 2.45) is 0 Å². The van der Waals surface area contributed by atoms with Crippen molar-refractivity contribution in [3.63, 3.8) is 0 Å². The first-order valence-corrected chi connectivity index (χ1v) is 12.7. The summed E-state index contributed by atoms with van der Waals surface area (Å²) in [6.45, 7) is 0. The summed E-state index contributed by atoms with van der Waals surface area (Å²) in [4.78, 5) is 14.8. The predicted octanol–water partition coefficient (Wildman–Crippen LogP) is 6.23. The van der Waals surface area contributed by atoms with E-state index in [-0.39, 0.29) is 0 Å². The zero-order valence-electron chi connectivity index (χ0n) is 20.9. The Morgan fingerprint density at radius 2 is 1.24 bits per heavy atom. The smallest absolute Gasteiger partial charge is 0.160 e. The average molecular weight is 486 g/mol. The van der Waals surface area contributed by atoms with Crippen LogP contribution in [-0.4, -0.2) is 27.4 Å². The Labute approximate surface area is 221 Å². The number of fused-ring (bicyclic) bond motifs is 3. The van der Waals surface area contributed by atoms with Crippen molar-refractivity contribution in [3.05, 3.63) is 128 Å². The number of nitrogens with zero attached hydrogens (tertiary/aromatic N) is 4. The Morgan fingerprint density at radius 1 is 0.553 bits per heavy atom. The number of benzene rings is 4. The molecular formula is C33H23BN4. The van der Waals surface area contributed by atoms with Crippen LogP contribution in [0.5, 0.6) is 0 Å². The number of hydrogen-bond donors (Lipinski definition) is 0. The predicted molar refractivity (Wildman–Crippen MR) is 159 cm³/mol. The SMILES string of the molecule is Bc1ccc2c(c1)c1ncccc1n2-c1cccc(-c2nc(-c3ccccc3)cc(-c3ccccc3)n2)c1. The first-order valence-electron chi connectivity index (χ1n) is 12.7. The van der Waals surface area contributed by atoms with Gasteiger partial charge in [0.2, 0.25) is 0 Å². The van der Waals surface area contributed by atoms with Crippen molar-refractivity contribution in [1.82, 2.24) is 19.5 Å². The highest BCUT2D eigenvalue weighted by Gasteiger charge is 2.15.